The first kappa shape index (κ1) is 9.80. The van der Waals surface area contributed by atoms with Gasteiger partial charge in [0.25, 0.3) is 0 Å². The lowest BCUT2D eigenvalue weighted by atomic mass is 9.87. The van der Waals surface area contributed by atoms with Crippen LogP contribution in [0.15, 0.2) is 0 Å². The van der Waals surface area contributed by atoms with Crippen molar-refractivity contribution in [2.24, 2.45) is 5.41 Å². The second-order valence-corrected chi connectivity index (χ2v) is 7.24. The van der Waals surface area contributed by atoms with E-state index in [4.69, 9.17) is 0 Å². The molecule has 0 N–H and O–H groups in total. The second kappa shape index (κ2) is 3.14. The van der Waals surface area contributed by atoms with Crippen molar-refractivity contribution in [2.75, 3.05) is 30.9 Å². The average Bonchev–Trinajstić information content (AvgIpc) is 2.60. The third-order valence-electron chi connectivity index (χ3n) is 3.06. The van der Waals surface area contributed by atoms with Gasteiger partial charge in [0.1, 0.15) is 0 Å². The quantitative estimate of drug-likeness (QED) is 0.656. The standard InChI is InChI=1S/C8H15NO2S2/c1-13(10,11)9-4-2-8(6-9)3-5-12-7-8/h2-7H2,1H3. The first-order valence-electron chi connectivity index (χ1n) is 4.55. The Morgan fingerprint density at radius 2 is 2.15 bits per heavy atom. The van der Waals surface area contributed by atoms with Crippen molar-refractivity contribution in [1.29, 1.82) is 0 Å². The lowest BCUT2D eigenvalue weighted by Gasteiger charge is -2.21. The first-order chi connectivity index (χ1) is 6.02. The highest BCUT2D eigenvalue weighted by molar-refractivity contribution is 7.99. The topological polar surface area (TPSA) is 37.4 Å². The minimum absolute atomic E-state index is 0.327. The lowest BCUT2D eigenvalue weighted by molar-refractivity contribution is 0.350. The summed E-state index contributed by atoms with van der Waals surface area (Å²) in [5, 5.41) is 0. The van der Waals surface area contributed by atoms with E-state index in [9.17, 15) is 8.42 Å². The predicted octanol–water partition coefficient (Wildman–Crippen LogP) is 0.775. The molecule has 76 valence electrons. The van der Waals surface area contributed by atoms with Crippen molar-refractivity contribution in [3.63, 3.8) is 0 Å². The fourth-order valence-electron chi connectivity index (χ4n) is 2.15. The molecule has 0 aromatic rings. The van der Waals surface area contributed by atoms with Crippen LogP contribution in [0, 0.1) is 5.41 Å². The van der Waals surface area contributed by atoms with E-state index < -0.39 is 10.0 Å². The molecule has 13 heavy (non-hydrogen) atoms. The first-order valence-corrected chi connectivity index (χ1v) is 7.55. The molecular weight excluding hydrogens is 206 g/mol. The fourth-order valence-corrected chi connectivity index (χ4v) is 4.61. The van der Waals surface area contributed by atoms with Gasteiger partial charge in [0.15, 0.2) is 0 Å². The summed E-state index contributed by atoms with van der Waals surface area (Å²) in [6, 6.07) is 0. The summed E-state index contributed by atoms with van der Waals surface area (Å²) < 4.78 is 24.2. The summed E-state index contributed by atoms with van der Waals surface area (Å²) in [5.41, 5.74) is 0.327. The molecule has 0 bridgehead atoms. The van der Waals surface area contributed by atoms with Crippen molar-refractivity contribution >= 4 is 21.8 Å². The van der Waals surface area contributed by atoms with Crippen molar-refractivity contribution < 1.29 is 8.42 Å². The van der Waals surface area contributed by atoms with Gasteiger partial charge in [0.2, 0.25) is 10.0 Å². The maximum atomic E-state index is 11.3. The summed E-state index contributed by atoms with van der Waals surface area (Å²) in [5.74, 6) is 2.36. The van der Waals surface area contributed by atoms with E-state index in [-0.39, 0.29) is 0 Å². The van der Waals surface area contributed by atoms with Crippen LogP contribution in [0.1, 0.15) is 12.8 Å². The minimum Gasteiger partial charge on any atom is -0.213 e. The Morgan fingerprint density at radius 3 is 2.62 bits per heavy atom. The Bertz CT molecular complexity index is 293. The van der Waals surface area contributed by atoms with E-state index in [1.54, 1.807) is 4.31 Å². The summed E-state index contributed by atoms with van der Waals surface area (Å²) >= 11 is 1.96. The Labute approximate surface area is 83.9 Å². The minimum atomic E-state index is -2.94. The average molecular weight is 221 g/mol. The van der Waals surface area contributed by atoms with Gasteiger partial charge in [-0.15, -0.1) is 0 Å². The van der Waals surface area contributed by atoms with Gasteiger partial charge >= 0.3 is 0 Å². The summed E-state index contributed by atoms with van der Waals surface area (Å²) in [4.78, 5) is 0. The molecule has 0 saturated carbocycles. The predicted molar refractivity (Wildman–Crippen MR) is 55.4 cm³/mol. The van der Waals surface area contributed by atoms with Gasteiger partial charge in [-0.25, -0.2) is 12.7 Å². The van der Waals surface area contributed by atoms with Gasteiger partial charge in [-0.3, -0.25) is 0 Å². The molecule has 2 rings (SSSR count). The van der Waals surface area contributed by atoms with Crippen molar-refractivity contribution in [2.45, 2.75) is 12.8 Å². The zero-order valence-corrected chi connectivity index (χ0v) is 9.46. The van der Waals surface area contributed by atoms with Crippen LogP contribution in [0.25, 0.3) is 0 Å². The zero-order chi connectivity index (χ0) is 9.53. The summed E-state index contributed by atoms with van der Waals surface area (Å²) in [7, 11) is -2.94. The Morgan fingerprint density at radius 1 is 1.38 bits per heavy atom. The number of hydrogen-bond acceptors (Lipinski definition) is 3. The van der Waals surface area contributed by atoms with Crippen molar-refractivity contribution in [3.05, 3.63) is 0 Å². The molecule has 0 aromatic carbocycles. The van der Waals surface area contributed by atoms with Gasteiger partial charge < -0.3 is 0 Å². The molecule has 1 unspecified atom stereocenters. The number of thioether (sulfide) groups is 1. The molecule has 2 aliphatic rings. The Kier molecular flexibility index (Phi) is 2.37. The third-order valence-corrected chi connectivity index (χ3v) is 5.62. The van der Waals surface area contributed by atoms with E-state index in [0.29, 0.717) is 5.41 Å². The number of hydrogen-bond donors (Lipinski definition) is 0. The van der Waals surface area contributed by atoms with Crippen molar-refractivity contribution in [3.8, 4) is 0 Å². The Hall–Kier alpha value is 0.260. The molecule has 0 amide bonds. The smallest absolute Gasteiger partial charge is 0.211 e. The van der Waals surface area contributed by atoms with Gasteiger partial charge in [0.05, 0.1) is 6.26 Å². The molecular formula is C8H15NO2S2. The summed E-state index contributed by atoms with van der Waals surface area (Å²) in [6.45, 7) is 1.50. The maximum absolute atomic E-state index is 11.3. The van der Waals surface area contributed by atoms with Gasteiger partial charge in [0, 0.05) is 18.8 Å². The normalized spacial score (nSPS) is 36.1. The van der Waals surface area contributed by atoms with E-state index in [1.807, 2.05) is 11.8 Å². The molecule has 2 heterocycles. The van der Waals surface area contributed by atoms with E-state index in [2.05, 4.69) is 0 Å². The highest BCUT2D eigenvalue weighted by atomic mass is 32.2. The Balaban J connectivity index is 2.09. The van der Waals surface area contributed by atoms with Crippen LogP contribution in [0.4, 0.5) is 0 Å². The molecule has 1 spiro atoms. The van der Waals surface area contributed by atoms with Gasteiger partial charge in [-0.1, -0.05) is 0 Å². The number of sulfonamides is 1. The third kappa shape index (κ3) is 1.87. The van der Waals surface area contributed by atoms with Crippen LogP contribution >= 0.6 is 11.8 Å². The highest BCUT2D eigenvalue weighted by Gasteiger charge is 2.43. The molecule has 2 fully saturated rings. The van der Waals surface area contributed by atoms with Crippen molar-refractivity contribution in [1.82, 2.24) is 4.31 Å². The van der Waals surface area contributed by atoms with Gasteiger partial charge in [-0.05, 0) is 24.0 Å². The van der Waals surface area contributed by atoms with Gasteiger partial charge in [-0.2, -0.15) is 11.8 Å². The molecule has 5 heteroatoms. The summed E-state index contributed by atoms with van der Waals surface area (Å²) in [6.07, 6.45) is 3.57. The van der Waals surface area contributed by atoms with Crippen LogP contribution in [0.5, 0.6) is 0 Å². The lowest BCUT2D eigenvalue weighted by Crippen LogP contribution is -2.31. The molecule has 2 saturated heterocycles. The van der Waals surface area contributed by atoms with Crippen LogP contribution in [-0.4, -0.2) is 43.6 Å². The number of rotatable bonds is 1. The molecule has 0 aliphatic carbocycles. The monoisotopic (exact) mass is 221 g/mol. The van der Waals surface area contributed by atoms with Crippen LogP contribution in [-0.2, 0) is 10.0 Å². The van der Waals surface area contributed by atoms with Crippen LogP contribution in [0.3, 0.4) is 0 Å². The van der Waals surface area contributed by atoms with E-state index in [0.717, 1.165) is 25.3 Å². The molecule has 0 aromatic heterocycles. The van der Waals surface area contributed by atoms with Crippen LogP contribution < -0.4 is 0 Å². The fraction of sp³-hybridized carbons (Fsp3) is 1.00. The molecule has 1 atom stereocenters. The second-order valence-electron chi connectivity index (χ2n) is 4.15. The SMILES string of the molecule is CS(=O)(=O)N1CCC2(CCSC2)C1. The highest BCUT2D eigenvalue weighted by Crippen LogP contribution is 2.43. The zero-order valence-electron chi connectivity index (χ0n) is 7.82. The molecule has 0 radical (unpaired) electrons. The van der Waals surface area contributed by atoms with Crippen LogP contribution in [0.2, 0.25) is 0 Å². The van der Waals surface area contributed by atoms with E-state index in [1.165, 1.54) is 18.4 Å². The largest absolute Gasteiger partial charge is 0.213 e. The number of nitrogens with zero attached hydrogens (tertiary/aromatic N) is 1. The van der Waals surface area contributed by atoms with E-state index >= 15 is 0 Å². The maximum Gasteiger partial charge on any atom is 0.211 e. The molecule has 2 aliphatic heterocycles. The molecule has 3 nitrogen and oxygen atoms in total.